The normalized spacial score (nSPS) is 11.6. The average molecular weight is 312 g/mol. The summed E-state index contributed by atoms with van der Waals surface area (Å²) in [7, 11) is 0. The summed E-state index contributed by atoms with van der Waals surface area (Å²) in [5.74, 6) is -1.21. The Morgan fingerprint density at radius 2 is 1.95 bits per heavy atom. The van der Waals surface area contributed by atoms with E-state index in [0.717, 1.165) is 12.1 Å². The first-order chi connectivity index (χ1) is 9.74. The Morgan fingerprint density at radius 3 is 2.48 bits per heavy atom. The van der Waals surface area contributed by atoms with E-state index in [1.54, 1.807) is 6.92 Å². The van der Waals surface area contributed by atoms with Gasteiger partial charge in [-0.25, -0.2) is 0 Å². The molecule has 0 atom stereocenters. The van der Waals surface area contributed by atoms with E-state index in [-0.39, 0.29) is 25.0 Å². The van der Waals surface area contributed by atoms with Crippen LogP contribution in [0.3, 0.4) is 0 Å². The van der Waals surface area contributed by atoms with Crippen LogP contribution in [0.2, 0.25) is 0 Å². The third-order valence-corrected chi connectivity index (χ3v) is 2.52. The highest BCUT2D eigenvalue weighted by atomic mass is 19.4. The van der Waals surface area contributed by atoms with Gasteiger partial charge in [-0.3, -0.25) is 4.79 Å². The maximum atomic E-state index is 12.9. The lowest BCUT2D eigenvalue weighted by atomic mass is 10.0. The number of aryl methyl sites for hydroxylation is 1. The van der Waals surface area contributed by atoms with Crippen LogP contribution >= 0.6 is 0 Å². The molecule has 0 N–H and O–H groups in total. The lowest BCUT2D eigenvalue weighted by Crippen LogP contribution is -2.12. The van der Waals surface area contributed by atoms with Gasteiger partial charge >= 0.3 is 18.8 Å². The van der Waals surface area contributed by atoms with Crippen LogP contribution in [0.1, 0.15) is 24.5 Å². The molecule has 8 heteroatoms. The zero-order valence-electron chi connectivity index (χ0n) is 11.0. The Labute approximate surface area is 117 Å². The van der Waals surface area contributed by atoms with Crippen molar-refractivity contribution in [2.45, 2.75) is 32.6 Å². The number of carbonyl (C=O) groups excluding carboxylic acids is 1. The summed E-state index contributed by atoms with van der Waals surface area (Å²) in [6.07, 6.45) is -5.17. The van der Waals surface area contributed by atoms with Gasteiger partial charge in [-0.2, -0.15) is 22.0 Å². The summed E-state index contributed by atoms with van der Waals surface area (Å²) in [5, 5.41) is 0. The Hall–Kier alpha value is -1.86. The van der Waals surface area contributed by atoms with Crippen LogP contribution in [0.4, 0.5) is 22.0 Å². The molecular weight excluding hydrogens is 299 g/mol. The van der Waals surface area contributed by atoms with Crippen LogP contribution in [-0.4, -0.2) is 19.2 Å². The van der Waals surface area contributed by atoms with E-state index >= 15 is 0 Å². The molecule has 0 saturated carbocycles. The summed E-state index contributed by atoms with van der Waals surface area (Å²) < 4.78 is 71.2. The van der Waals surface area contributed by atoms with Crippen LogP contribution in [0.25, 0.3) is 0 Å². The van der Waals surface area contributed by atoms with Gasteiger partial charge in [0.25, 0.3) is 0 Å². The van der Waals surface area contributed by atoms with Crippen molar-refractivity contribution < 1.29 is 36.2 Å². The van der Waals surface area contributed by atoms with Crippen LogP contribution in [-0.2, 0) is 22.1 Å². The molecule has 0 saturated heterocycles. The third-order valence-electron chi connectivity index (χ3n) is 2.52. The number of benzene rings is 1. The van der Waals surface area contributed by atoms with Gasteiger partial charge in [0.05, 0.1) is 12.2 Å². The molecule has 1 aromatic rings. The van der Waals surface area contributed by atoms with Gasteiger partial charge in [-0.15, -0.1) is 0 Å². The van der Waals surface area contributed by atoms with Crippen LogP contribution in [0.15, 0.2) is 18.2 Å². The number of alkyl halides is 5. The molecule has 0 radical (unpaired) electrons. The first-order valence-corrected chi connectivity index (χ1v) is 6.04. The molecule has 0 aliphatic rings. The monoisotopic (exact) mass is 312 g/mol. The zero-order valence-corrected chi connectivity index (χ0v) is 11.0. The van der Waals surface area contributed by atoms with E-state index in [1.807, 2.05) is 0 Å². The van der Waals surface area contributed by atoms with Crippen LogP contribution in [0.5, 0.6) is 5.75 Å². The second-order valence-corrected chi connectivity index (χ2v) is 4.00. The van der Waals surface area contributed by atoms with Crippen molar-refractivity contribution >= 4 is 5.97 Å². The Bertz CT molecular complexity index is 485. The second kappa shape index (κ2) is 7.24. The van der Waals surface area contributed by atoms with Crippen LogP contribution in [0, 0.1) is 0 Å². The van der Waals surface area contributed by atoms with E-state index in [2.05, 4.69) is 9.47 Å². The predicted octanol–water partition coefficient (Wildman–Crippen LogP) is 3.80. The molecule has 1 rings (SSSR count). The largest absolute Gasteiger partial charge is 0.466 e. The zero-order chi connectivity index (χ0) is 16.0. The fourth-order valence-corrected chi connectivity index (χ4v) is 1.68. The van der Waals surface area contributed by atoms with Crippen molar-refractivity contribution in [3.8, 4) is 5.75 Å². The van der Waals surface area contributed by atoms with Crippen LogP contribution < -0.4 is 4.74 Å². The lowest BCUT2D eigenvalue weighted by molar-refractivity contribution is -0.144. The highest BCUT2D eigenvalue weighted by Crippen LogP contribution is 2.35. The van der Waals surface area contributed by atoms with E-state index in [1.165, 1.54) is 0 Å². The molecule has 21 heavy (non-hydrogen) atoms. The molecule has 0 fully saturated rings. The van der Waals surface area contributed by atoms with Gasteiger partial charge in [-0.05, 0) is 31.0 Å². The quantitative estimate of drug-likeness (QED) is 0.592. The Morgan fingerprint density at radius 1 is 1.29 bits per heavy atom. The fourth-order valence-electron chi connectivity index (χ4n) is 1.68. The molecular formula is C13H13F5O3. The van der Waals surface area contributed by atoms with Gasteiger partial charge in [0, 0.05) is 6.42 Å². The number of hydrogen-bond acceptors (Lipinski definition) is 3. The van der Waals surface area contributed by atoms with Crippen molar-refractivity contribution in [2.24, 2.45) is 0 Å². The highest BCUT2D eigenvalue weighted by Gasteiger charge is 2.34. The van der Waals surface area contributed by atoms with Crippen molar-refractivity contribution in [1.29, 1.82) is 0 Å². The number of carbonyl (C=O) groups is 1. The SMILES string of the molecule is CCOC(=O)CCc1ccc(OC(F)F)cc1C(F)(F)F. The second-order valence-electron chi connectivity index (χ2n) is 4.00. The first-order valence-electron chi connectivity index (χ1n) is 6.04. The summed E-state index contributed by atoms with van der Waals surface area (Å²) in [6.45, 7) is -1.50. The smallest absolute Gasteiger partial charge is 0.416 e. The van der Waals surface area contributed by atoms with Gasteiger partial charge in [0.1, 0.15) is 5.75 Å². The topological polar surface area (TPSA) is 35.5 Å². The standard InChI is InChI=1S/C13H13F5O3/c1-2-20-11(19)6-4-8-3-5-9(21-12(14)15)7-10(8)13(16,17)18/h3,5,7,12H,2,4,6H2,1H3. The van der Waals surface area contributed by atoms with E-state index in [4.69, 9.17) is 0 Å². The number of hydrogen-bond donors (Lipinski definition) is 0. The van der Waals surface area contributed by atoms with Gasteiger partial charge in [-0.1, -0.05) is 6.07 Å². The van der Waals surface area contributed by atoms with Crippen molar-refractivity contribution in [3.63, 3.8) is 0 Å². The van der Waals surface area contributed by atoms with Gasteiger partial charge in [0.2, 0.25) is 0 Å². The van der Waals surface area contributed by atoms with E-state index in [0.29, 0.717) is 6.07 Å². The number of halogens is 5. The third kappa shape index (κ3) is 5.57. The molecule has 0 heterocycles. The predicted molar refractivity (Wildman–Crippen MR) is 63.0 cm³/mol. The Kier molecular flexibility index (Phi) is 5.92. The first kappa shape index (κ1) is 17.2. The molecule has 0 aliphatic carbocycles. The maximum Gasteiger partial charge on any atom is 0.416 e. The minimum atomic E-state index is -4.73. The molecule has 0 bridgehead atoms. The minimum absolute atomic E-state index is 0.131. The van der Waals surface area contributed by atoms with Crippen molar-refractivity contribution in [3.05, 3.63) is 29.3 Å². The molecule has 118 valence electrons. The van der Waals surface area contributed by atoms with Crippen molar-refractivity contribution in [1.82, 2.24) is 0 Å². The highest BCUT2D eigenvalue weighted by molar-refractivity contribution is 5.69. The summed E-state index contributed by atoms with van der Waals surface area (Å²) in [5.41, 5.74) is -1.29. The Balaban J connectivity index is 2.94. The molecule has 0 aromatic heterocycles. The fraction of sp³-hybridized carbons (Fsp3) is 0.462. The minimum Gasteiger partial charge on any atom is -0.466 e. The number of esters is 1. The van der Waals surface area contributed by atoms with E-state index in [9.17, 15) is 26.7 Å². The molecule has 3 nitrogen and oxygen atoms in total. The average Bonchev–Trinajstić information content (AvgIpc) is 2.35. The molecule has 0 amide bonds. The summed E-state index contributed by atoms with van der Waals surface area (Å²) >= 11 is 0. The van der Waals surface area contributed by atoms with Crippen molar-refractivity contribution in [2.75, 3.05) is 6.61 Å². The maximum absolute atomic E-state index is 12.9. The molecule has 1 aromatic carbocycles. The number of rotatable bonds is 6. The molecule has 0 unspecified atom stereocenters. The van der Waals surface area contributed by atoms with E-state index < -0.39 is 30.1 Å². The summed E-state index contributed by atoms with van der Waals surface area (Å²) in [4.78, 5) is 11.2. The molecule has 0 spiro atoms. The molecule has 0 aliphatic heterocycles. The lowest BCUT2D eigenvalue weighted by Gasteiger charge is -2.14. The van der Waals surface area contributed by atoms with Gasteiger partial charge in [0.15, 0.2) is 0 Å². The number of ether oxygens (including phenoxy) is 2. The van der Waals surface area contributed by atoms with Gasteiger partial charge < -0.3 is 9.47 Å². The summed E-state index contributed by atoms with van der Waals surface area (Å²) in [6, 6.07) is 2.51.